The van der Waals surface area contributed by atoms with E-state index in [0.29, 0.717) is 18.7 Å². The fourth-order valence-corrected chi connectivity index (χ4v) is 2.70. The second-order valence-corrected chi connectivity index (χ2v) is 7.44. The Kier molecular flexibility index (Phi) is 9.50. The number of rotatable bonds is 11. The number of hydrogen-bond donors (Lipinski definition) is 4. The summed E-state index contributed by atoms with van der Waals surface area (Å²) < 4.78 is 0. The predicted molar refractivity (Wildman–Crippen MR) is 107 cm³/mol. The molecule has 0 aliphatic carbocycles. The van der Waals surface area contributed by atoms with Crippen molar-refractivity contribution in [2.24, 2.45) is 17.6 Å². The van der Waals surface area contributed by atoms with Crippen LogP contribution in [0.15, 0.2) is 30.3 Å². The maximum atomic E-state index is 12.7. The highest BCUT2D eigenvalue weighted by atomic mass is 16.2. The van der Waals surface area contributed by atoms with Gasteiger partial charge in [0.15, 0.2) is 0 Å². The van der Waals surface area contributed by atoms with Crippen LogP contribution in [-0.2, 0) is 14.4 Å². The molecule has 0 unspecified atom stereocenters. The van der Waals surface area contributed by atoms with Crippen molar-refractivity contribution in [1.82, 2.24) is 10.6 Å². The van der Waals surface area contributed by atoms with E-state index in [0.717, 1.165) is 0 Å². The number of hydrogen-bond acceptors (Lipinski definition) is 4. The summed E-state index contributed by atoms with van der Waals surface area (Å²) in [6.45, 7) is 8.13. The van der Waals surface area contributed by atoms with Gasteiger partial charge in [-0.25, -0.2) is 0 Å². The van der Waals surface area contributed by atoms with Crippen LogP contribution in [0, 0.1) is 11.8 Å². The third kappa shape index (κ3) is 8.68. The highest BCUT2D eigenvalue weighted by molar-refractivity contribution is 5.97. The number of carbonyl (C=O) groups is 3. The van der Waals surface area contributed by atoms with Gasteiger partial charge in [0, 0.05) is 18.7 Å². The first-order chi connectivity index (χ1) is 12.7. The van der Waals surface area contributed by atoms with Crippen LogP contribution < -0.4 is 21.7 Å². The van der Waals surface area contributed by atoms with Gasteiger partial charge < -0.3 is 21.7 Å². The minimum atomic E-state index is -0.642. The van der Waals surface area contributed by atoms with Crippen LogP contribution in [0.3, 0.4) is 0 Å². The molecule has 2 atom stereocenters. The molecule has 0 aromatic heterocycles. The van der Waals surface area contributed by atoms with Crippen molar-refractivity contribution in [1.29, 1.82) is 0 Å². The lowest BCUT2D eigenvalue weighted by Gasteiger charge is -2.26. The van der Waals surface area contributed by atoms with Crippen LogP contribution in [0.4, 0.5) is 5.69 Å². The molecule has 3 amide bonds. The van der Waals surface area contributed by atoms with E-state index in [1.165, 1.54) is 0 Å². The Hall–Kier alpha value is -2.41. The van der Waals surface area contributed by atoms with E-state index in [-0.39, 0.29) is 30.1 Å². The molecule has 0 bridgehead atoms. The summed E-state index contributed by atoms with van der Waals surface area (Å²) in [5.41, 5.74) is 5.83. The number of para-hydroxylation sites is 1. The van der Waals surface area contributed by atoms with Gasteiger partial charge in [0.25, 0.3) is 0 Å². The van der Waals surface area contributed by atoms with E-state index in [9.17, 15) is 14.4 Å². The maximum absolute atomic E-state index is 12.7. The number of amides is 3. The second-order valence-electron chi connectivity index (χ2n) is 7.44. The molecule has 7 heteroatoms. The molecule has 0 saturated carbocycles. The molecule has 0 aliphatic heterocycles. The van der Waals surface area contributed by atoms with Gasteiger partial charge >= 0.3 is 0 Å². The first-order valence-corrected chi connectivity index (χ1v) is 9.38. The first-order valence-electron chi connectivity index (χ1n) is 9.38. The Morgan fingerprint density at radius 2 is 1.63 bits per heavy atom. The highest BCUT2D eigenvalue weighted by Gasteiger charge is 2.27. The van der Waals surface area contributed by atoms with Crippen molar-refractivity contribution >= 4 is 23.4 Å². The topological polar surface area (TPSA) is 113 Å². The zero-order valence-electron chi connectivity index (χ0n) is 16.6. The summed E-state index contributed by atoms with van der Waals surface area (Å²) in [5.74, 6) is -0.705. The van der Waals surface area contributed by atoms with Crippen LogP contribution in [0.5, 0.6) is 0 Å². The van der Waals surface area contributed by atoms with Gasteiger partial charge in [0.2, 0.25) is 17.7 Å². The Balaban J connectivity index is 2.78. The minimum absolute atomic E-state index is 0.00485. The number of nitrogens with two attached hydrogens (primary N) is 1. The SMILES string of the molecule is CC(C)C[C@@H](NC(=O)[C@@H](NCCC(N)=O)C(C)C)C(=O)Nc1ccccc1. The van der Waals surface area contributed by atoms with Gasteiger partial charge in [-0.15, -0.1) is 0 Å². The molecule has 27 heavy (non-hydrogen) atoms. The summed E-state index contributed by atoms with van der Waals surface area (Å²) in [5, 5.41) is 8.76. The molecule has 150 valence electrons. The molecule has 0 spiro atoms. The number of benzene rings is 1. The van der Waals surface area contributed by atoms with Crippen molar-refractivity contribution < 1.29 is 14.4 Å². The molecule has 1 rings (SSSR count). The lowest BCUT2D eigenvalue weighted by Crippen LogP contribution is -2.53. The van der Waals surface area contributed by atoms with Gasteiger partial charge in [0.05, 0.1) is 6.04 Å². The summed E-state index contributed by atoms with van der Waals surface area (Å²) >= 11 is 0. The summed E-state index contributed by atoms with van der Waals surface area (Å²) in [7, 11) is 0. The second kappa shape index (κ2) is 11.3. The molecule has 7 nitrogen and oxygen atoms in total. The zero-order chi connectivity index (χ0) is 20.4. The first kappa shape index (κ1) is 22.6. The van der Waals surface area contributed by atoms with Crippen LogP contribution in [0.1, 0.15) is 40.5 Å². The Morgan fingerprint density at radius 3 is 2.15 bits per heavy atom. The van der Waals surface area contributed by atoms with Crippen molar-refractivity contribution in [2.45, 2.75) is 52.6 Å². The van der Waals surface area contributed by atoms with Crippen molar-refractivity contribution in [2.75, 3.05) is 11.9 Å². The normalized spacial score (nSPS) is 13.3. The summed E-state index contributed by atoms with van der Waals surface area (Å²) in [4.78, 5) is 36.3. The van der Waals surface area contributed by atoms with Crippen LogP contribution in [0.2, 0.25) is 0 Å². The molecule has 1 aromatic carbocycles. The van der Waals surface area contributed by atoms with Crippen molar-refractivity contribution in [3.8, 4) is 0 Å². The largest absolute Gasteiger partial charge is 0.370 e. The molecule has 0 fully saturated rings. The molecule has 0 aliphatic rings. The molecule has 0 heterocycles. The molecular weight excluding hydrogens is 344 g/mol. The van der Waals surface area contributed by atoms with Gasteiger partial charge in [-0.1, -0.05) is 45.9 Å². The molecule has 1 aromatic rings. The standard InChI is InChI=1S/C20H32N4O3/c1-13(2)12-16(19(26)23-15-8-6-5-7-9-15)24-20(27)18(14(3)4)22-11-10-17(21)25/h5-9,13-14,16,18,22H,10-12H2,1-4H3,(H2,21,25)(H,23,26)(H,24,27)/t16-,18+/m1/s1. The molecule has 0 saturated heterocycles. The smallest absolute Gasteiger partial charge is 0.246 e. The predicted octanol–water partition coefficient (Wildman–Crippen LogP) is 1.65. The summed E-state index contributed by atoms with van der Waals surface area (Å²) in [6, 6.07) is 7.99. The monoisotopic (exact) mass is 376 g/mol. The van der Waals surface area contributed by atoms with Crippen LogP contribution >= 0.6 is 0 Å². The van der Waals surface area contributed by atoms with Gasteiger partial charge in [-0.05, 0) is 30.4 Å². The third-order valence-electron chi connectivity index (χ3n) is 4.07. The average molecular weight is 377 g/mol. The Morgan fingerprint density at radius 1 is 1.00 bits per heavy atom. The minimum Gasteiger partial charge on any atom is -0.370 e. The molecule has 5 N–H and O–H groups in total. The molecule has 0 radical (unpaired) electrons. The maximum Gasteiger partial charge on any atom is 0.246 e. The fourth-order valence-electron chi connectivity index (χ4n) is 2.70. The van der Waals surface area contributed by atoms with Crippen molar-refractivity contribution in [3.05, 3.63) is 30.3 Å². The number of carbonyl (C=O) groups excluding carboxylic acids is 3. The Labute approximate surface area is 161 Å². The highest BCUT2D eigenvalue weighted by Crippen LogP contribution is 2.11. The van der Waals surface area contributed by atoms with Crippen molar-refractivity contribution in [3.63, 3.8) is 0 Å². The van der Waals surface area contributed by atoms with Gasteiger partial charge in [-0.2, -0.15) is 0 Å². The van der Waals surface area contributed by atoms with Crippen LogP contribution in [0.25, 0.3) is 0 Å². The quantitative estimate of drug-likeness (QED) is 0.470. The van der Waals surface area contributed by atoms with Crippen LogP contribution in [-0.4, -0.2) is 36.3 Å². The van der Waals surface area contributed by atoms with E-state index >= 15 is 0 Å². The van der Waals surface area contributed by atoms with E-state index in [4.69, 9.17) is 5.73 Å². The van der Waals surface area contributed by atoms with E-state index < -0.39 is 18.0 Å². The lowest BCUT2D eigenvalue weighted by atomic mass is 9.99. The number of primary amides is 1. The number of nitrogens with one attached hydrogen (secondary N) is 3. The van der Waals surface area contributed by atoms with E-state index in [1.54, 1.807) is 12.1 Å². The third-order valence-corrected chi connectivity index (χ3v) is 4.07. The fraction of sp³-hybridized carbons (Fsp3) is 0.550. The van der Waals surface area contributed by atoms with E-state index in [1.807, 2.05) is 45.9 Å². The summed E-state index contributed by atoms with van der Waals surface area (Å²) in [6.07, 6.45) is 0.678. The number of anilines is 1. The van der Waals surface area contributed by atoms with E-state index in [2.05, 4.69) is 16.0 Å². The average Bonchev–Trinajstić information content (AvgIpc) is 2.57. The zero-order valence-corrected chi connectivity index (χ0v) is 16.6. The van der Waals surface area contributed by atoms with Gasteiger partial charge in [-0.3, -0.25) is 14.4 Å². The lowest BCUT2D eigenvalue weighted by molar-refractivity contribution is -0.129. The van der Waals surface area contributed by atoms with Gasteiger partial charge in [0.1, 0.15) is 6.04 Å². The molecular formula is C20H32N4O3. The Bertz CT molecular complexity index is 617.